The van der Waals surface area contributed by atoms with Gasteiger partial charge in [-0.25, -0.2) is 9.59 Å². The largest absolute Gasteiger partial charge is 0.493 e. The van der Waals surface area contributed by atoms with Crippen molar-refractivity contribution in [2.24, 2.45) is 0 Å². The molecule has 6 heteroatoms. The molecule has 6 nitrogen and oxygen atoms in total. The van der Waals surface area contributed by atoms with Gasteiger partial charge >= 0.3 is 12.1 Å². The molecule has 0 aromatic heterocycles. The molecule has 0 aliphatic heterocycles. The average molecular weight is 343 g/mol. The van der Waals surface area contributed by atoms with Crippen LogP contribution in [0.25, 0.3) is 10.8 Å². The lowest BCUT2D eigenvalue weighted by Gasteiger charge is -2.15. The van der Waals surface area contributed by atoms with E-state index in [2.05, 4.69) is 11.9 Å². The van der Waals surface area contributed by atoms with Crippen LogP contribution in [-0.4, -0.2) is 31.8 Å². The Kier molecular flexibility index (Phi) is 6.39. The first-order valence-corrected chi connectivity index (χ1v) is 7.96. The molecule has 0 aliphatic rings. The van der Waals surface area contributed by atoms with Crippen LogP contribution in [0.4, 0.5) is 4.79 Å². The molecule has 2 aromatic carbocycles. The van der Waals surface area contributed by atoms with Crippen molar-refractivity contribution < 1.29 is 23.8 Å². The Bertz CT molecular complexity index is 785. The van der Waals surface area contributed by atoms with Crippen LogP contribution in [0.1, 0.15) is 12.5 Å². The van der Waals surface area contributed by atoms with E-state index in [-0.39, 0.29) is 13.2 Å². The van der Waals surface area contributed by atoms with Gasteiger partial charge in [0.15, 0.2) is 0 Å². The zero-order valence-electron chi connectivity index (χ0n) is 14.3. The van der Waals surface area contributed by atoms with Crippen molar-refractivity contribution in [3.05, 3.63) is 48.6 Å². The fourth-order valence-corrected chi connectivity index (χ4v) is 2.35. The molecule has 1 N–H and O–H groups in total. The number of rotatable bonds is 7. The van der Waals surface area contributed by atoms with Gasteiger partial charge in [-0.2, -0.15) is 0 Å². The molecule has 0 fully saturated rings. The normalized spacial score (nSPS) is 10.2. The number of hydrogen-bond donors (Lipinski definition) is 1. The van der Waals surface area contributed by atoms with E-state index >= 15 is 0 Å². The summed E-state index contributed by atoms with van der Waals surface area (Å²) in [6.45, 7) is 7.80. The molecule has 0 radical (unpaired) electrons. The molecule has 1 amide bonds. The SMILES string of the molecule is C=CC(=O)OCCNC(=O)Oc1c(C)cc(OCC)c2ccccc12. The first kappa shape index (κ1) is 18.3. The van der Waals surface area contributed by atoms with Crippen molar-refractivity contribution in [3.63, 3.8) is 0 Å². The summed E-state index contributed by atoms with van der Waals surface area (Å²) < 4.78 is 15.9. The summed E-state index contributed by atoms with van der Waals surface area (Å²) in [6, 6.07) is 9.41. The molecule has 0 bridgehead atoms. The molecule has 25 heavy (non-hydrogen) atoms. The number of amides is 1. The molecule has 0 unspecified atom stereocenters. The third-order valence-electron chi connectivity index (χ3n) is 3.42. The maximum atomic E-state index is 12.0. The monoisotopic (exact) mass is 343 g/mol. The number of ether oxygens (including phenoxy) is 3. The highest BCUT2D eigenvalue weighted by molar-refractivity contribution is 5.95. The quantitative estimate of drug-likeness (QED) is 0.474. The summed E-state index contributed by atoms with van der Waals surface area (Å²) in [5.41, 5.74) is 0.787. The summed E-state index contributed by atoms with van der Waals surface area (Å²) >= 11 is 0. The predicted octanol–water partition coefficient (Wildman–Crippen LogP) is 3.36. The van der Waals surface area contributed by atoms with Gasteiger partial charge in [0, 0.05) is 16.8 Å². The van der Waals surface area contributed by atoms with Crippen LogP contribution in [-0.2, 0) is 9.53 Å². The highest BCUT2D eigenvalue weighted by Gasteiger charge is 2.14. The van der Waals surface area contributed by atoms with Gasteiger partial charge in [-0.3, -0.25) is 0 Å². The van der Waals surface area contributed by atoms with Crippen LogP contribution in [0, 0.1) is 6.92 Å². The zero-order valence-corrected chi connectivity index (χ0v) is 14.3. The molecule has 132 valence electrons. The Labute approximate surface area is 146 Å². The third-order valence-corrected chi connectivity index (χ3v) is 3.42. The minimum absolute atomic E-state index is 0.0446. The second kappa shape index (κ2) is 8.73. The first-order valence-electron chi connectivity index (χ1n) is 7.96. The van der Waals surface area contributed by atoms with Crippen LogP contribution >= 0.6 is 0 Å². The van der Waals surface area contributed by atoms with Crippen LogP contribution in [0.2, 0.25) is 0 Å². The molecule has 0 heterocycles. The Morgan fingerprint density at radius 2 is 1.96 bits per heavy atom. The maximum Gasteiger partial charge on any atom is 0.412 e. The number of fused-ring (bicyclic) bond motifs is 1. The number of carbonyl (C=O) groups excluding carboxylic acids is 2. The van der Waals surface area contributed by atoms with E-state index < -0.39 is 12.1 Å². The number of benzene rings is 2. The fourth-order valence-electron chi connectivity index (χ4n) is 2.35. The summed E-state index contributed by atoms with van der Waals surface area (Å²) in [4.78, 5) is 22.9. The average Bonchev–Trinajstić information content (AvgIpc) is 2.62. The van der Waals surface area contributed by atoms with Crippen molar-refractivity contribution in [2.45, 2.75) is 13.8 Å². The van der Waals surface area contributed by atoms with E-state index in [1.807, 2.05) is 44.2 Å². The number of carbonyl (C=O) groups is 2. The Morgan fingerprint density at radius 3 is 2.64 bits per heavy atom. The van der Waals surface area contributed by atoms with Crippen molar-refractivity contribution in [1.82, 2.24) is 5.32 Å². The van der Waals surface area contributed by atoms with Gasteiger partial charge in [0.05, 0.1) is 13.2 Å². The summed E-state index contributed by atoms with van der Waals surface area (Å²) in [7, 11) is 0. The fraction of sp³-hybridized carbons (Fsp3) is 0.263. The van der Waals surface area contributed by atoms with E-state index in [0.29, 0.717) is 12.4 Å². The van der Waals surface area contributed by atoms with Crippen LogP contribution < -0.4 is 14.8 Å². The van der Waals surface area contributed by atoms with Crippen LogP contribution in [0.3, 0.4) is 0 Å². The van der Waals surface area contributed by atoms with Crippen LogP contribution in [0.15, 0.2) is 43.0 Å². The van der Waals surface area contributed by atoms with Gasteiger partial charge in [-0.1, -0.05) is 30.8 Å². The molecule has 2 rings (SSSR count). The molecule has 0 saturated heterocycles. The Hall–Kier alpha value is -3.02. The second-order valence-electron chi connectivity index (χ2n) is 5.19. The van der Waals surface area contributed by atoms with Gasteiger partial charge < -0.3 is 19.5 Å². The van der Waals surface area contributed by atoms with Gasteiger partial charge in [0.2, 0.25) is 0 Å². The highest BCUT2D eigenvalue weighted by atomic mass is 16.6. The topological polar surface area (TPSA) is 73.9 Å². The number of aryl methyl sites for hydroxylation is 1. The van der Waals surface area contributed by atoms with E-state index in [9.17, 15) is 9.59 Å². The number of nitrogens with one attached hydrogen (secondary N) is 1. The Morgan fingerprint density at radius 1 is 1.24 bits per heavy atom. The molecule has 0 atom stereocenters. The molecule has 2 aromatic rings. The van der Waals surface area contributed by atoms with Gasteiger partial charge in [0.1, 0.15) is 18.1 Å². The van der Waals surface area contributed by atoms with Crippen molar-refractivity contribution >= 4 is 22.8 Å². The molecular formula is C19H21NO5. The lowest BCUT2D eigenvalue weighted by atomic mass is 10.0. The lowest BCUT2D eigenvalue weighted by Crippen LogP contribution is -2.30. The zero-order chi connectivity index (χ0) is 18.2. The number of hydrogen-bond acceptors (Lipinski definition) is 5. The van der Waals surface area contributed by atoms with Crippen molar-refractivity contribution in [1.29, 1.82) is 0 Å². The van der Waals surface area contributed by atoms with Crippen molar-refractivity contribution in [2.75, 3.05) is 19.8 Å². The minimum atomic E-state index is -0.618. The van der Waals surface area contributed by atoms with Gasteiger partial charge in [-0.15, -0.1) is 0 Å². The standard InChI is InChI=1S/C19H21NO5/c1-4-17(21)24-11-10-20-19(22)25-18-13(3)12-16(23-5-2)14-8-6-7-9-15(14)18/h4,6-9,12H,1,5,10-11H2,2-3H3,(H,20,22). The van der Waals surface area contributed by atoms with Gasteiger partial charge in [0.25, 0.3) is 0 Å². The van der Waals surface area contributed by atoms with E-state index in [0.717, 1.165) is 28.2 Å². The lowest BCUT2D eigenvalue weighted by molar-refractivity contribution is -0.137. The smallest absolute Gasteiger partial charge is 0.412 e. The van der Waals surface area contributed by atoms with Crippen LogP contribution in [0.5, 0.6) is 11.5 Å². The Balaban J connectivity index is 2.11. The van der Waals surface area contributed by atoms with E-state index in [4.69, 9.17) is 14.2 Å². The minimum Gasteiger partial charge on any atom is -0.493 e. The summed E-state index contributed by atoms with van der Waals surface area (Å²) in [6.07, 6.45) is 0.445. The maximum absolute atomic E-state index is 12.0. The van der Waals surface area contributed by atoms with Crippen molar-refractivity contribution in [3.8, 4) is 11.5 Å². The van der Waals surface area contributed by atoms with E-state index in [1.165, 1.54) is 0 Å². The molecule has 0 aliphatic carbocycles. The van der Waals surface area contributed by atoms with E-state index in [1.54, 1.807) is 0 Å². The third kappa shape index (κ3) is 4.73. The van der Waals surface area contributed by atoms with Gasteiger partial charge in [-0.05, 0) is 25.5 Å². The second-order valence-corrected chi connectivity index (χ2v) is 5.19. The molecular weight excluding hydrogens is 322 g/mol. The summed E-state index contributed by atoms with van der Waals surface area (Å²) in [5, 5.41) is 4.20. The first-order chi connectivity index (χ1) is 12.1. The molecule has 0 spiro atoms. The number of esters is 1. The predicted molar refractivity (Wildman–Crippen MR) is 95.0 cm³/mol. The highest BCUT2D eigenvalue weighted by Crippen LogP contribution is 2.36. The summed E-state index contributed by atoms with van der Waals surface area (Å²) in [5.74, 6) is 0.683. The molecule has 0 saturated carbocycles.